The molecule has 98 valence electrons. The molecule has 0 spiro atoms. The van der Waals surface area contributed by atoms with Gasteiger partial charge < -0.3 is 5.32 Å². The molecule has 3 heteroatoms. The van der Waals surface area contributed by atoms with Crippen LogP contribution in [0.15, 0.2) is 0 Å². The van der Waals surface area contributed by atoms with Gasteiger partial charge in [-0.25, -0.2) is 0 Å². The predicted octanol–water partition coefficient (Wildman–Crippen LogP) is 1.30. The largest absolute Gasteiger partial charge is 0.315 e. The van der Waals surface area contributed by atoms with Gasteiger partial charge in [0.25, 0.3) is 0 Å². The van der Waals surface area contributed by atoms with Crippen molar-refractivity contribution in [3.05, 3.63) is 0 Å². The average Bonchev–Trinajstić information content (AvgIpc) is 2.90. The zero-order valence-electron chi connectivity index (χ0n) is 11.0. The van der Waals surface area contributed by atoms with E-state index >= 15 is 0 Å². The summed E-state index contributed by atoms with van der Waals surface area (Å²) in [6, 6.07) is 1.70. The Morgan fingerprint density at radius 3 is 2.41 bits per heavy atom. The summed E-state index contributed by atoms with van der Waals surface area (Å²) < 4.78 is 0. The lowest BCUT2D eigenvalue weighted by atomic mass is 10.1. The van der Waals surface area contributed by atoms with Crippen LogP contribution in [0.5, 0.6) is 0 Å². The van der Waals surface area contributed by atoms with Crippen LogP contribution >= 0.6 is 0 Å². The molecule has 3 aliphatic heterocycles. The number of hydrogen-bond acceptors (Lipinski definition) is 3. The third-order valence-electron chi connectivity index (χ3n) is 4.89. The Morgan fingerprint density at radius 1 is 0.765 bits per heavy atom. The monoisotopic (exact) mass is 237 g/mol. The molecular weight excluding hydrogens is 210 g/mol. The molecular formula is C14H27N3. The molecule has 3 fully saturated rings. The number of nitrogens with zero attached hydrogens (tertiary/aromatic N) is 2. The van der Waals surface area contributed by atoms with Gasteiger partial charge in [-0.3, -0.25) is 9.80 Å². The highest BCUT2D eigenvalue weighted by Gasteiger charge is 2.32. The number of piperidine rings is 2. The fraction of sp³-hybridized carbons (Fsp3) is 1.00. The molecule has 0 amide bonds. The highest BCUT2D eigenvalue weighted by molar-refractivity contribution is 4.89. The number of nitrogens with one attached hydrogen (secondary N) is 1. The minimum absolute atomic E-state index is 0.832. The number of hydrogen-bond donors (Lipinski definition) is 1. The first-order valence-electron chi connectivity index (χ1n) is 7.62. The van der Waals surface area contributed by atoms with E-state index in [1.165, 1.54) is 77.8 Å². The molecule has 0 aromatic rings. The van der Waals surface area contributed by atoms with E-state index in [2.05, 4.69) is 15.1 Å². The maximum atomic E-state index is 3.55. The summed E-state index contributed by atoms with van der Waals surface area (Å²) in [5.74, 6) is 0. The zero-order chi connectivity index (χ0) is 11.5. The Labute approximate surface area is 106 Å². The van der Waals surface area contributed by atoms with E-state index in [-0.39, 0.29) is 0 Å². The lowest BCUT2D eigenvalue weighted by molar-refractivity contribution is 0.144. The van der Waals surface area contributed by atoms with Gasteiger partial charge in [-0.15, -0.1) is 0 Å². The average molecular weight is 237 g/mol. The topological polar surface area (TPSA) is 18.5 Å². The Kier molecular flexibility index (Phi) is 3.99. The van der Waals surface area contributed by atoms with Gasteiger partial charge in [0.1, 0.15) is 0 Å². The van der Waals surface area contributed by atoms with E-state index in [0.717, 1.165) is 12.1 Å². The second-order valence-electron chi connectivity index (χ2n) is 6.03. The lowest BCUT2D eigenvalue weighted by Crippen LogP contribution is -2.47. The summed E-state index contributed by atoms with van der Waals surface area (Å²) in [6.07, 6.45) is 8.52. The van der Waals surface area contributed by atoms with Crippen LogP contribution in [0.1, 0.15) is 38.5 Å². The Bertz CT molecular complexity index is 208. The van der Waals surface area contributed by atoms with Gasteiger partial charge >= 0.3 is 0 Å². The van der Waals surface area contributed by atoms with Crippen molar-refractivity contribution < 1.29 is 0 Å². The molecule has 3 aliphatic rings. The van der Waals surface area contributed by atoms with Crippen LogP contribution in [-0.2, 0) is 0 Å². The molecule has 0 saturated carbocycles. The van der Waals surface area contributed by atoms with Crippen LogP contribution in [0.3, 0.4) is 0 Å². The van der Waals surface area contributed by atoms with Crippen LogP contribution in [-0.4, -0.2) is 61.2 Å². The number of rotatable bonds is 2. The van der Waals surface area contributed by atoms with Gasteiger partial charge in [0, 0.05) is 31.7 Å². The van der Waals surface area contributed by atoms with Crippen LogP contribution in [0.2, 0.25) is 0 Å². The Balaban J connectivity index is 1.50. The zero-order valence-corrected chi connectivity index (χ0v) is 11.0. The van der Waals surface area contributed by atoms with Crippen molar-refractivity contribution in [2.24, 2.45) is 0 Å². The maximum Gasteiger partial charge on any atom is 0.0235 e. The molecule has 1 N–H and O–H groups in total. The van der Waals surface area contributed by atoms with Crippen molar-refractivity contribution in [1.82, 2.24) is 15.1 Å². The highest BCUT2D eigenvalue weighted by Crippen LogP contribution is 2.23. The van der Waals surface area contributed by atoms with E-state index in [0.29, 0.717) is 0 Å². The molecule has 3 saturated heterocycles. The van der Waals surface area contributed by atoms with E-state index in [1.54, 1.807) is 0 Å². The summed E-state index contributed by atoms with van der Waals surface area (Å²) in [4.78, 5) is 5.52. The summed E-state index contributed by atoms with van der Waals surface area (Å²) in [5, 5.41) is 3.55. The molecule has 2 atom stereocenters. The van der Waals surface area contributed by atoms with Crippen molar-refractivity contribution in [3.63, 3.8) is 0 Å². The summed E-state index contributed by atoms with van der Waals surface area (Å²) >= 11 is 0. The SMILES string of the molecule is C1CCN(C2CCN(C3CCCNC3)C2)CC1. The molecule has 0 radical (unpaired) electrons. The van der Waals surface area contributed by atoms with Crippen LogP contribution in [0.4, 0.5) is 0 Å². The third-order valence-corrected chi connectivity index (χ3v) is 4.89. The van der Waals surface area contributed by atoms with E-state index in [4.69, 9.17) is 0 Å². The summed E-state index contributed by atoms with van der Waals surface area (Å²) in [7, 11) is 0. The molecule has 0 bridgehead atoms. The van der Waals surface area contributed by atoms with Crippen LogP contribution < -0.4 is 5.32 Å². The van der Waals surface area contributed by atoms with Crippen molar-refractivity contribution >= 4 is 0 Å². The second-order valence-corrected chi connectivity index (χ2v) is 6.03. The standard InChI is InChI=1S/C14H27N3/c1-2-8-16(9-3-1)14-6-10-17(12-14)13-5-4-7-15-11-13/h13-15H,1-12H2. The Hall–Kier alpha value is -0.120. The smallest absolute Gasteiger partial charge is 0.0235 e. The number of likely N-dealkylation sites (tertiary alicyclic amines) is 2. The Morgan fingerprint density at radius 2 is 1.65 bits per heavy atom. The van der Waals surface area contributed by atoms with E-state index < -0.39 is 0 Å². The third kappa shape index (κ3) is 2.83. The molecule has 0 aliphatic carbocycles. The van der Waals surface area contributed by atoms with Gasteiger partial charge in [0.05, 0.1) is 0 Å². The first kappa shape index (κ1) is 11.9. The lowest BCUT2D eigenvalue weighted by Gasteiger charge is -2.34. The van der Waals surface area contributed by atoms with E-state index in [9.17, 15) is 0 Å². The van der Waals surface area contributed by atoms with Crippen LogP contribution in [0, 0.1) is 0 Å². The fourth-order valence-corrected chi connectivity index (χ4v) is 3.83. The molecule has 3 nitrogen and oxygen atoms in total. The molecule has 0 aromatic carbocycles. The molecule has 17 heavy (non-hydrogen) atoms. The molecule has 0 aromatic heterocycles. The van der Waals surface area contributed by atoms with Gasteiger partial charge in [0.2, 0.25) is 0 Å². The van der Waals surface area contributed by atoms with Gasteiger partial charge in [0.15, 0.2) is 0 Å². The quantitative estimate of drug-likeness (QED) is 0.781. The minimum Gasteiger partial charge on any atom is -0.315 e. The first-order chi connectivity index (χ1) is 8.43. The maximum absolute atomic E-state index is 3.55. The van der Waals surface area contributed by atoms with Crippen molar-refractivity contribution in [2.45, 2.75) is 50.6 Å². The van der Waals surface area contributed by atoms with Gasteiger partial charge in [-0.05, 0) is 51.7 Å². The van der Waals surface area contributed by atoms with E-state index in [1.807, 2.05) is 0 Å². The molecule has 3 heterocycles. The van der Waals surface area contributed by atoms with Gasteiger partial charge in [-0.1, -0.05) is 6.42 Å². The van der Waals surface area contributed by atoms with Crippen molar-refractivity contribution in [2.75, 3.05) is 39.3 Å². The molecule has 2 unspecified atom stereocenters. The summed E-state index contributed by atoms with van der Waals surface area (Å²) in [6.45, 7) is 7.87. The fourth-order valence-electron chi connectivity index (χ4n) is 3.83. The molecule has 3 rings (SSSR count). The summed E-state index contributed by atoms with van der Waals surface area (Å²) in [5.41, 5.74) is 0. The highest BCUT2D eigenvalue weighted by atomic mass is 15.3. The van der Waals surface area contributed by atoms with Gasteiger partial charge in [-0.2, -0.15) is 0 Å². The van der Waals surface area contributed by atoms with Crippen LogP contribution in [0.25, 0.3) is 0 Å². The minimum atomic E-state index is 0.832. The first-order valence-corrected chi connectivity index (χ1v) is 7.62. The van der Waals surface area contributed by atoms with Crippen molar-refractivity contribution in [3.8, 4) is 0 Å². The van der Waals surface area contributed by atoms with Crippen molar-refractivity contribution in [1.29, 1.82) is 0 Å². The predicted molar refractivity (Wildman–Crippen MR) is 71.3 cm³/mol. The second kappa shape index (κ2) is 5.68. The normalized spacial score (nSPS) is 37.4.